The second kappa shape index (κ2) is 13.0. The summed E-state index contributed by atoms with van der Waals surface area (Å²) in [6.07, 6.45) is 12.2. The number of nitrogens with one attached hydrogen (secondary N) is 4. The van der Waals surface area contributed by atoms with Gasteiger partial charge in [-0.05, 0) is 23.5 Å². The number of alkyl halides is 1. The molecule has 3 heterocycles. The summed E-state index contributed by atoms with van der Waals surface area (Å²) < 4.78 is 16.1. The molecule has 2 aliphatic rings. The molecular formula is C24H33ClFN7U. The van der Waals surface area contributed by atoms with Gasteiger partial charge >= 0.3 is 31.1 Å². The van der Waals surface area contributed by atoms with Crippen LogP contribution in [0.5, 0.6) is 0 Å². The molecule has 1 saturated carbocycles. The van der Waals surface area contributed by atoms with Crippen molar-refractivity contribution in [3.8, 4) is 0 Å². The van der Waals surface area contributed by atoms with Gasteiger partial charge in [0.1, 0.15) is 0 Å². The maximum atomic E-state index is 14.4. The predicted octanol–water partition coefficient (Wildman–Crippen LogP) is 5.57. The molecule has 7 nitrogen and oxygen atoms in total. The first kappa shape index (κ1) is 28.7. The number of anilines is 3. The minimum absolute atomic E-state index is 0. The van der Waals surface area contributed by atoms with Crippen LogP contribution >= 0.6 is 11.6 Å². The van der Waals surface area contributed by atoms with Crippen LogP contribution in [0.25, 0.3) is 0 Å². The molecule has 1 aliphatic carbocycles. The molecule has 1 unspecified atom stereocenters. The first-order valence-corrected chi connectivity index (χ1v) is 11.8. The molecule has 34 heavy (non-hydrogen) atoms. The Morgan fingerprint density at radius 1 is 1.29 bits per heavy atom. The maximum Gasteiger partial charge on any atom is 2.00 e. The standard InChI is InChI=1S/C15H17FN5.C8H13N2.CH3Cl.U/c16-15-10-8-17-19-11(10)5-6-12(15)18-14-7-13(20-21-14)9-3-1-2-4-9;1-8(2,3)7-5-9-10(4)6-7;1-2;/h1,5-7,9,17,19H,2-4,8H2,(H2,18,20,21);5H,1-4H3;1H3;/q2*-1;;+2. The van der Waals surface area contributed by atoms with E-state index in [1.165, 1.54) is 6.38 Å². The van der Waals surface area contributed by atoms with E-state index in [9.17, 15) is 4.39 Å². The number of benzene rings is 1. The number of aryl methyl sites for hydroxylation is 1. The fourth-order valence-corrected chi connectivity index (χ4v) is 3.76. The first-order valence-electron chi connectivity index (χ1n) is 11.0. The van der Waals surface area contributed by atoms with Gasteiger partial charge in [-0.25, -0.2) is 9.82 Å². The van der Waals surface area contributed by atoms with Gasteiger partial charge in [-0.15, -0.1) is 17.8 Å². The Hall–Kier alpha value is -1.53. The smallest absolute Gasteiger partial charge is 0.379 e. The zero-order chi connectivity index (χ0) is 24.0. The van der Waals surface area contributed by atoms with E-state index in [4.69, 9.17) is 0 Å². The summed E-state index contributed by atoms with van der Waals surface area (Å²) in [4.78, 5) is 0. The minimum atomic E-state index is -0.233. The van der Waals surface area contributed by atoms with Crippen molar-refractivity contribution in [3.63, 3.8) is 0 Å². The van der Waals surface area contributed by atoms with Gasteiger partial charge in [0, 0.05) is 37.3 Å². The number of fused-ring (bicyclic) bond motifs is 1. The number of rotatable bonds is 3. The minimum Gasteiger partial charge on any atom is -0.379 e. The third-order valence-corrected chi connectivity index (χ3v) is 5.65. The third kappa shape index (κ3) is 7.24. The normalized spacial score (nSPS) is 16.3. The van der Waals surface area contributed by atoms with E-state index in [2.05, 4.69) is 76.5 Å². The summed E-state index contributed by atoms with van der Waals surface area (Å²) in [5.74, 6) is 0.949. The van der Waals surface area contributed by atoms with Gasteiger partial charge in [-0.3, -0.25) is 10.2 Å². The Balaban J connectivity index is 0.000000268. The number of halogens is 2. The van der Waals surface area contributed by atoms with Crippen molar-refractivity contribution in [3.05, 3.63) is 59.7 Å². The Morgan fingerprint density at radius 2 is 2.06 bits per heavy atom. The van der Waals surface area contributed by atoms with Crippen LogP contribution in [0.4, 0.5) is 21.6 Å². The zero-order valence-electron chi connectivity index (χ0n) is 20.4. The van der Waals surface area contributed by atoms with E-state index in [-0.39, 0.29) is 42.3 Å². The van der Waals surface area contributed by atoms with Crippen LogP contribution in [0, 0.1) is 49.5 Å². The van der Waals surface area contributed by atoms with Crippen LogP contribution in [0.1, 0.15) is 62.8 Å². The van der Waals surface area contributed by atoms with E-state index < -0.39 is 0 Å². The van der Waals surface area contributed by atoms with Crippen LogP contribution in [0.15, 0.2) is 24.4 Å². The van der Waals surface area contributed by atoms with E-state index >= 15 is 0 Å². The summed E-state index contributed by atoms with van der Waals surface area (Å²) in [5.41, 5.74) is 10.2. The number of aromatic amines is 1. The van der Waals surface area contributed by atoms with Crippen molar-refractivity contribution in [2.45, 2.75) is 57.9 Å². The Labute approximate surface area is 230 Å². The largest absolute Gasteiger partial charge is 2.00 e. The summed E-state index contributed by atoms with van der Waals surface area (Å²) >= 11 is 4.64. The van der Waals surface area contributed by atoms with Gasteiger partial charge in [0.05, 0.1) is 11.4 Å². The number of hydrogen-bond donors (Lipinski definition) is 4. The quantitative estimate of drug-likeness (QED) is 0.211. The summed E-state index contributed by atoms with van der Waals surface area (Å²) in [7, 11) is 1.88. The summed E-state index contributed by atoms with van der Waals surface area (Å²) in [6.45, 7) is 6.95. The van der Waals surface area contributed by atoms with Crippen LogP contribution in [0.2, 0.25) is 0 Å². The summed E-state index contributed by atoms with van der Waals surface area (Å²) in [5, 5.41) is 14.4. The van der Waals surface area contributed by atoms with Gasteiger partial charge < -0.3 is 21.8 Å². The second-order valence-electron chi connectivity index (χ2n) is 9.11. The van der Waals surface area contributed by atoms with Crippen LogP contribution < -0.4 is 16.2 Å². The number of aromatic nitrogens is 4. The fourth-order valence-electron chi connectivity index (χ4n) is 3.76. The average molecular weight is 712 g/mol. The first-order chi connectivity index (χ1) is 15.8. The molecule has 0 saturated heterocycles. The van der Waals surface area contributed by atoms with Gasteiger partial charge in [0.2, 0.25) is 0 Å². The number of H-pyrrole nitrogens is 1. The molecule has 1 aromatic carbocycles. The van der Waals surface area contributed by atoms with Crippen LogP contribution in [-0.4, -0.2) is 26.4 Å². The average Bonchev–Trinajstić information content (AvgIpc) is 3.58. The molecule has 4 N–H and O–H groups in total. The van der Waals surface area contributed by atoms with Crippen molar-refractivity contribution in [1.82, 2.24) is 25.4 Å². The zero-order valence-corrected chi connectivity index (χ0v) is 25.3. The van der Waals surface area contributed by atoms with Crippen LogP contribution in [-0.2, 0) is 19.0 Å². The molecule has 3 aromatic rings. The maximum absolute atomic E-state index is 14.4. The molecule has 0 amide bonds. The van der Waals surface area contributed by atoms with Crippen molar-refractivity contribution in [2.24, 2.45) is 7.05 Å². The van der Waals surface area contributed by atoms with Crippen molar-refractivity contribution in [2.75, 3.05) is 17.1 Å². The van der Waals surface area contributed by atoms with E-state index in [1.54, 1.807) is 10.7 Å². The Kier molecular flexibility index (Phi) is 10.9. The predicted molar refractivity (Wildman–Crippen MR) is 132 cm³/mol. The van der Waals surface area contributed by atoms with Gasteiger partial charge in [-0.2, -0.15) is 23.5 Å². The van der Waals surface area contributed by atoms with E-state index in [0.29, 0.717) is 29.5 Å². The van der Waals surface area contributed by atoms with E-state index in [0.717, 1.165) is 36.2 Å². The molecular weight excluding hydrogens is 679 g/mol. The second-order valence-corrected chi connectivity index (χ2v) is 9.11. The number of hydrogen-bond acceptors (Lipinski definition) is 5. The summed E-state index contributed by atoms with van der Waals surface area (Å²) in [6, 6.07) is 5.57. The van der Waals surface area contributed by atoms with Gasteiger partial charge in [-0.1, -0.05) is 33.4 Å². The van der Waals surface area contributed by atoms with E-state index in [1.807, 2.05) is 25.4 Å². The van der Waals surface area contributed by atoms with Gasteiger partial charge in [0.25, 0.3) is 0 Å². The topological polar surface area (TPSA) is 82.6 Å². The molecule has 182 valence electrons. The third-order valence-electron chi connectivity index (χ3n) is 5.65. The Morgan fingerprint density at radius 3 is 2.65 bits per heavy atom. The molecule has 1 fully saturated rings. The number of hydrazine groups is 1. The molecule has 1 aliphatic heterocycles. The molecule has 1 atom stereocenters. The molecule has 10 heteroatoms. The van der Waals surface area contributed by atoms with Crippen molar-refractivity contribution < 1.29 is 35.5 Å². The molecule has 5 rings (SSSR count). The molecule has 0 bridgehead atoms. The SMILES string of the molecule is CCl.Cn1[c-]c(C(C)(C)C)cn1.Fc1c(Nc2cc(C3C[CH-]CC3)[nH]n2)ccc2c1CNN2.[U+2]. The van der Waals surface area contributed by atoms with Crippen molar-refractivity contribution in [1.29, 1.82) is 0 Å². The van der Waals surface area contributed by atoms with Gasteiger partial charge in [0.15, 0.2) is 11.6 Å². The molecule has 0 spiro atoms. The number of nitrogens with zero attached hydrogens (tertiary/aromatic N) is 3. The molecule has 0 radical (unpaired) electrons. The molecule has 2 aromatic heterocycles. The van der Waals surface area contributed by atoms with Crippen molar-refractivity contribution >= 4 is 28.8 Å². The Bertz CT molecular complexity index is 1040. The van der Waals surface area contributed by atoms with Crippen LogP contribution in [0.3, 0.4) is 0 Å². The monoisotopic (exact) mass is 711 g/mol. The fraction of sp³-hybridized carbons (Fsp3) is 0.458.